The van der Waals surface area contributed by atoms with E-state index in [1.54, 1.807) is 50.6 Å². The molecule has 29 heavy (non-hydrogen) atoms. The predicted molar refractivity (Wildman–Crippen MR) is 108 cm³/mol. The Kier molecular flexibility index (Phi) is 6.23. The number of likely N-dealkylation sites (N-methyl/N-ethyl adjacent to an activating group) is 1. The van der Waals surface area contributed by atoms with E-state index in [4.69, 9.17) is 14.2 Å². The summed E-state index contributed by atoms with van der Waals surface area (Å²) < 4.78 is 15.8. The first-order valence-corrected chi connectivity index (χ1v) is 9.16. The summed E-state index contributed by atoms with van der Waals surface area (Å²) in [4.78, 5) is 25.6. The van der Waals surface area contributed by atoms with Gasteiger partial charge in [0.15, 0.2) is 6.61 Å². The van der Waals surface area contributed by atoms with Crippen LogP contribution in [0.3, 0.4) is 0 Å². The number of nitrogens with one attached hydrogen (secondary N) is 1. The van der Waals surface area contributed by atoms with E-state index in [2.05, 4.69) is 5.32 Å². The Bertz CT molecular complexity index is 914. The maximum Gasteiger partial charge on any atom is 0.264 e. The number of anilines is 2. The molecule has 1 heterocycles. The SMILES string of the molecule is COc1ccc(C(O)CCC(=O)Nc2ccc3c(c2)N(C)C(=O)CO3)c(OC)c1. The molecule has 0 fully saturated rings. The third-order valence-corrected chi connectivity index (χ3v) is 4.77. The third-order valence-electron chi connectivity index (χ3n) is 4.77. The first-order valence-electron chi connectivity index (χ1n) is 9.16. The molecule has 0 saturated heterocycles. The van der Waals surface area contributed by atoms with E-state index in [0.717, 1.165) is 0 Å². The van der Waals surface area contributed by atoms with E-state index in [9.17, 15) is 14.7 Å². The zero-order valence-corrected chi connectivity index (χ0v) is 16.6. The van der Waals surface area contributed by atoms with Gasteiger partial charge < -0.3 is 29.5 Å². The predicted octanol–water partition coefficient (Wildman–Crippen LogP) is 2.51. The van der Waals surface area contributed by atoms with Crippen molar-refractivity contribution >= 4 is 23.2 Å². The summed E-state index contributed by atoms with van der Waals surface area (Å²) in [6, 6.07) is 10.2. The molecule has 1 atom stereocenters. The molecule has 2 aromatic rings. The second-order valence-electron chi connectivity index (χ2n) is 6.63. The molecule has 2 amide bonds. The van der Waals surface area contributed by atoms with Crippen LogP contribution in [0.5, 0.6) is 17.2 Å². The lowest BCUT2D eigenvalue weighted by atomic mass is 10.0. The standard InChI is InChI=1S/C21H24N2O6/c1-23-16-10-13(4-8-18(16)29-12-21(23)26)22-20(25)9-7-17(24)15-6-5-14(27-2)11-19(15)28-3/h4-6,8,10-11,17,24H,7,9,12H2,1-3H3,(H,22,25). The van der Waals surface area contributed by atoms with Crippen molar-refractivity contribution in [1.82, 2.24) is 0 Å². The lowest BCUT2D eigenvalue weighted by Crippen LogP contribution is -2.35. The molecule has 8 nitrogen and oxygen atoms in total. The molecule has 3 rings (SSSR count). The molecule has 8 heteroatoms. The number of nitrogens with zero attached hydrogens (tertiary/aromatic N) is 1. The van der Waals surface area contributed by atoms with Crippen molar-refractivity contribution in [1.29, 1.82) is 0 Å². The van der Waals surface area contributed by atoms with E-state index in [1.165, 1.54) is 12.0 Å². The quantitative estimate of drug-likeness (QED) is 0.741. The van der Waals surface area contributed by atoms with Gasteiger partial charge in [-0.1, -0.05) is 0 Å². The number of methoxy groups -OCH3 is 2. The number of aliphatic hydroxyl groups excluding tert-OH is 1. The number of fused-ring (bicyclic) bond motifs is 1. The Morgan fingerprint density at radius 3 is 2.76 bits per heavy atom. The smallest absolute Gasteiger partial charge is 0.264 e. The lowest BCUT2D eigenvalue weighted by Gasteiger charge is -2.26. The van der Waals surface area contributed by atoms with Gasteiger partial charge in [0.2, 0.25) is 5.91 Å². The first kappa shape index (κ1) is 20.5. The highest BCUT2D eigenvalue weighted by Crippen LogP contribution is 2.34. The molecule has 154 valence electrons. The summed E-state index contributed by atoms with van der Waals surface area (Å²) in [5.41, 5.74) is 1.74. The van der Waals surface area contributed by atoms with Gasteiger partial charge in [-0.05, 0) is 36.8 Å². The van der Waals surface area contributed by atoms with E-state index < -0.39 is 6.10 Å². The minimum atomic E-state index is -0.859. The summed E-state index contributed by atoms with van der Waals surface area (Å²) in [6.45, 7) is 0.00190. The van der Waals surface area contributed by atoms with E-state index in [0.29, 0.717) is 34.2 Å². The van der Waals surface area contributed by atoms with Gasteiger partial charge in [0.1, 0.15) is 17.2 Å². The lowest BCUT2D eigenvalue weighted by molar-refractivity contribution is -0.121. The molecule has 0 bridgehead atoms. The molecular weight excluding hydrogens is 376 g/mol. The minimum absolute atomic E-state index is 0.00190. The van der Waals surface area contributed by atoms with Crippen LogP contribution in [0.2, 0.25) is 0 Å². The van der Waals surface area contributed by atoms with Crippen LogP contribution in [0.15, 0.2) is 36.4 Å². The summed E-state index contributed by atoms with van der Waals surface area (Å²) in [7, 11) is 4.73. The number of benzene rings is 2. The molecular formula is C21H24N2O6. The van der Waals surface area contributed by atoms with Crippen molar-refractivity contribution in [2.45, 2.75) is 18.9 Å². The largest absolute Gasteiger partial charge is 0.497 e. The maximum absolute atomic E-state index is 12.3. The molecule has 1 aliphatic heterocycles. The fraction of sp³-hybridized carbons (Fsp3) is 0.333. The number of hydrogen-bond acceptors (Lipinski definition) is 6. The second-order valence-corrected chi connectivity index (χ2v) is 6.63. The average Bonchev–Trinajstić information content (AvgIpc) is 2.74. The first-order chi connectivity index (χ1) is 13.9. The normalized spacial score (nSPS) is 13.9. The van der Waals surface area contributed by atoms with Crippen LogP contribution in [0.25, 0.3) is 0 Å². The fourth-order valence-electron chi connectivity index (χ4n) is 3.09. The van der Waals surface area contributed by atoms with Gasteiger partial charge in [0.25, 0.3) is 5.91 Å². The van der Waals surface area contributed by atoms with Crippen molar-refractivity contribution < 1.29 is 28.9 Å². The number of aliphatic hydroxyl groups is 1. The average molecular weight is 400 g/mol. The summed E-state index contributed by atoms with van der Waals surface area (Å²) in [5.74, 6) is 1.31. The van der Waals surface area contributed by atoms with Gasteiger partial charge in [0, 0.05) is 30.8 Å². The Balaban J connectivity index is 1.61. The Morgan fingerprint density at radius 1 is 1.24 bits per heavy atom. The molecule has 1 aliphatic rings. The second kappa shape index (κ2) is 8.83. The Morgan fingerprint density at radius 2 is 2.03 bits per heavy atom. The van der Waals surface area contributed by atoms with Gasteiger partial charge in [-0.25, -0.2) is 0 Å². The van der Waals surface area contributed by atoms with Gasteiger partial charge in [-0.2, -0.15) is 0 Å². The van der Waals surface area contributed by atoms with Crippen LogP contribution in [0.4, 0.5) is 11.4 Å². The number of ether oxygens (including phenoxy) is 3. The highest BCUT2D eigenvalue weighted by molar-refractivity contribution is 5.99. The summed E-state index contributed by atoms with van der Waals surface area (Å²) in [5, 5.41) is 13.3. The Labute approximate surface area is 169 Å². The van der Waals surface area contributed by atoms with Crippen LogP contribution in [0, 0.1) is 0 Å². The van der Waals surface area contributed by atoms with Gasteiger partial charge >= 0.3 is 0 Å². The summed E-state index contributed by atoms with van der Waals surface area (Å²) >= 11 is 0. The van der Waals surface area contributed by atoms with Crippen molar-refractivity contribution in [3.63, 3.8) is 0 Å². The van der Waals surface area contributed by atoms with Crippen LogP contribution in [-0.2, 0) is 9.59 Å². The number of hydrogen-bond donors (Lipinski definition) is 2. The molecule has 1 unspecified atom stereocenters. The number of rotatable bonds is 7. The van der Waals surface area contributed by atoms with Crippen LogP contribution < -0.4 is 24.4 Å². The van der Waals surface area contributed by atoms with Gasteiger partial charge in [-0.15, -0.1) is 0 Å². The third kappa shape index (κ3) is 4.60. The van der Waals surface area contributed by atoms with E-state index in [1.807, 2.05) is 0 Å². The van der Waals surface area contributed by atoms with Crippen molar-refractivity contribution in [2.24, 2.45) is 0 Å². The zero-order chi connectivity index (χ0) is 21.0. The molecule has 0 radical (unpaired) electrons. The Hall–Kier alpha value is -3.26. The topological polar surface area (TPSA) is 97.3 Å². The molecule has 0 spiro atoms. The molecule has 2 N–H and O–H groups in total. The van der Waals surface area contributed by atoms with Crippen LogP contribution in [-0.4, -0.2) is 44.8 Å². The zero-order valence-electron chi connectivity index (χ0n) is 16.6. The van der Waals surface area contributed by atoms with Gasteiger partial charge in [-0.3, -0.25) is 9.59 Å². The maximum atomic E-state index is 12.3. The summed E-state index contributed by atoms with van der Waals surface area (Å²) in [6.07, 6.45) is -0.526. The van der Waals surface area contributed by atoms with Crippen molar-refractivity contribution in [3.8, 4) is 17.2 Å². The van der Waals surface area contributed by atoms with Crippen LogP contribution >= 0.6 is 0 Å². The molecule has 0 aliphatic carbocycles. The van der Waals surface area contributed by atoms with E-state index >= 15 is 0 Å². The number of carbonyl (C=O) groups excluding carboxylic acids is 2. The number of amides is 2. The van der Waals surface area contributed by atoms with Gasteiger partial charge in [0.05, 0.1) is 26.0 Å². The minimum Gasteiger partial charge on any atom is -0.497 e. The molecule has 0 saturated carbocycles. The highest BCUT2D eigenvalue weighted by atomic mass is 16.5. The molecule has 0 aromatic heterocycles. The van der Waals surface area contributed by atoms with Crippen molar-refractivity contribution in [3.05, 3.63) is 42.0 Å². The van der Waals surface area contributed by atoms with Crippen molar-refractivity contribution in [2.75, 3.05) is 38.1 Å². The van der Waals surface area contributed by atoms with Crippen LogP contribution in [0.1, 0.15) is 24.5 Å². The van der Waals surface area contributed by atoms with E-state index in [-0.39, 0.29) is 31.3 Å². The monoisotopic (exact) mass is 400 g/mol. The molecule has 2 aromatic carbocycles. The number of carbonyl (C=O) groups is 2. The fourth-order valence-corrected chi connectivity index (χ4v) is 3.09. The highest BCUT2D eigenvalue weighted by Gasteiger charge is 2.23.